The number of alkyl halides is 3. The highest BCUT2D eigenvalue weighted by Crippen LogP contribution is 2.32. The lowest BCUT2D eigenvalue weighted by Crippen LogP contribution is -2.20. The quantitative estimate of drug-likeness (QED) is 0.196. The molecule has 0 saturated heterocycles. The third-order valence-electron chi connectivity index (χ3n) is 5.82. The van der Waals surface area contributed by atoms with Crippen LogP contribution in [0.4, 0.5) is 13.2 Å². The summed E-state index contributed by atoms with van der Waals surface area (Å²) >= 11 is 12.6. The number of ether oxygens (including phenoxy) is 1. The summed E-state index contributed by atoms with van der Waals surface area (Å²) in [6.07, 6.45) is -3.19. The van der Waals surface area contributed by atoms with Crippen LogP contribution in [-0.4, -0.2) is 15.9 Å². The van der Waals surface area contributed by atoms with Gasteiger partial charge in [-0.25, -0.2) is 4.98 Å². The minimum Gasteiger partial charge on any atom is -0.487 e. The smallest absolute Gasteiger partial charge is 0.416 e. The van der Waals surface area contributed by atoms with Gasteiger partial charge in [0, 0.05) is 16.1 Å². The second-order valence-corrected chi connectivity index (χ2v) is 9.28. The minimum atomic E-state index is -4.56. The zero-order valence-electron chi connectivity index (χ0n) is 20.0. The molecule has 0 aliphatic carbocycles. The van der Waals surface area contributed by atoms with Crippen LogP contribution in [0.5, 0.6) is 5.75 Å². The normalized spacial score (nSPS) is 11.8. The summed E-state index contributed by atoms with van der Waals surface area (Å²) in [4.78, 5) is 17.8. The van der Waals surface area contributed by atoms with Crippen molar-refractivity contribution in [1.82, 2.24) is 9.66 Å². The molecule has 0 spiro atoms. The number of nitrogens with zero attached hydrogens (tertiary/aromatic N) is 3. The fraction of sp³-hybridized carbons (Fsp3) is 0.0690. The highest BCUT2D eigenvalue weighted by Gasteiger charge is 2.31. The molecule has 1 aromatic heterocycles. The van der Waals surface area contributed by atoms with Crippen molar-refractivity contribution >= 4 is 40.3 Å². The molecule has 10 heteroatoms. The summed E-state index contributed by atoms with van der Waals surface area (Å²) in [6.45, 7) is 0.214. The van der Waals surface area contributed by atoms with Crippen LogP contribution in [0.2, 0.25) is 10.0 Å². The lowest BCUT2D eigenvalue weighted by Gasteiger charge is -2.12. The van der Waals surface area contributed by atoms with Crippen molar-refractivity contribution in [2.75, 3.05) is 0 Å². The van der Waals surface area contributed by atoms with Crippen molar-refractivity contribution in [2.45, 2.75) is 12.8 Å². The molecule has 0 amide bonds. The van der Waals surface area contributed by atoms with Crippen molar-refractivity contribution in [2.24, 2.45) is 5.10 Å². The van der Waals surface area contributed by atoms with Crippen LogP contribution in [0.15, 0.2) is 101 Å². The minimum absolute atomic E-state index is 0.0353. The second-order valence-electron chi connectivity index (χ2n) is 8.46. The summed E-state index contributed by atoms with van der Waals surface area (Å²) in [5, 5.41) is 5.43. The zero-order valence-corrected chi connectivity index (χ0v) is 21.5. The Hall–Kier alpha value is -4.14. The van der Waals surface area contributed by atoms with Crippen LogP contribution in [0.3, 0.4) is 0 Å². The summed E-state index contributed by atoms with van der Waals surface area (Å²) in [5.41, 5.74) is 0.356. The number of benzene rings is 4. The molecule has 0 saturated carbocycles. The van der Waals surface area contributed by atoms with Gasteiger partial charge >= 0.3 is 6.18 Å². The average Bonchev–Trinajstić information content (AvgIpc) is 2.92. The Labute approximate surface area is 230 Å². The molecule has 4 aromatic carbocycles. The molecule has 0 atom stereocenters. The number of para-hydroxylation sites is 1. The second kappa shape index (κ2) is 10.9. The molecule has 196 valence electrons. The largest absolute Gasteiger partial charge is 0.487 e. The van der Waals surface area contributed by atoms with E-state index >= 15 is 0 Å². The molecule has 39 heavy (non-hydrogen) atoms. The van der Waals surface area contributed by atoms with E-state index in [-0.39, 0.29) is 23.4 Å². The van der Waals surface area contributed by atoms with Crippen molar-refractivity contribution in [3.05, 3.63) is 128 Å². The standard InChI is InChI=1S/C29H18Cl2F3N3O2/c30-23-10-3-1-6-20(23)17-39-26-13-12-18(14-24(26)31)16-35-37-27(19-7-5-8-21(15-19)29(32,33)34)36-25-11-4-2-9-22(25)28(37)38/h1-16H,17H2. The van der Waals surface area contributed by atoms with E-state index in [1.165, 1.54) is 18.3 Å². The van der Waals surface area contributed by atoms with Gasteiger partial charge in [0.05, 0.1) is 27.7 Å². The summed E-state index contributed by atoms with van der Waals surface area (Å²) in [7, 11) is 0. The van der Waals surface area contributed by atoms with Crippen LogP contribution in [-0.2, 0) is 12.8 Å². The van der Waals surface area contributed by atoms with Crippen molar-refractivity contribution in [3.63, 3.8) is 0 Å². The fourth-order valence-electron chi connectivity index (χ4n) is 3.86. The third kappa shape index (κ3) is 5.82. The number of rotatable bonds is 6. The Morgan fingerprint density at radius 2 is 1.67 bits per heavy atom. The first-order chi connectivity index (χ1) is 18.7. The van der Waals surface area contributed by atoms with Crippen molar-refractivity contribution < 1.29 is 17.9 Å². The maximum Gasteiger partial charge on any atom is 0.416 e. The number of hydrogen-bond acceptors (Lipinski definition) is 4. The van der Waals surface area contributed by atoms with Crippen LogP contribution >= 0.6 is 23.2 Å². The summed E-state index contributed by atoms with van der Waals surface area (Å²) in [6, 6.07) is 23.3. The molecule has 0 bridgehead atoms. The highest BCUT2D eigenvalue weighted by molar-refractivity contribution is 6.32. The molecule has 1 heterocycles. The van der Waals surface area contributed by atoms with E-state index in [1.807, 2.05) is 18.2 Å². The van der Waals surface area contributed by atoms with Crippen LogP contribution in [0.25, 0.3) is 22.3 Å². The molecule has 5 rings (SSSR count). The number of halogens is 5. The van der Waals surface area contributed by atoms with E-state index in [0.29, 0.717) is 26.9 Å². The average molecular weight is 568 g/mol. The highest BCUT2D eigenvalue weighted by atomic mass is 35.5. The summed E-state index contributed by atoms with van der Waals surface area (Å²) < 4.78 is 46.9. The van der Waals surface area contributed by atoms with Gasteiger partial charge in [-0.1, -0.05) is 65.7 Å². The van der Waals surface area contributed by atoms with Crippen molar-refractivity contribution in [3.8, 4) is 17.1 Å². The van der Waals surface area contributed by atoms with Gasteiger partial charge < -0.3 is 4.74 Å². The topological polar surface area (TPSA) is 56.5 Å². The van der Waals surface area contributed by atoms with Crippen LogP contribution in [0, 0.1) is 0 Å². The molecule has 0 radical (unpaired) electrons. The molecule has 0 N–H and O–H groups in total. The van der Waals surface area contributed by atoms with Crippen LogP contribution < -0.4 is 10.3 Å². The number of aromatic nitrogens is 2. The molecular formula is C29H18Cl2F3N3O2. The molecule has 0 aliphatic heterocycles. The first-order valence-corrected chi connectivity index (χ1v) is 12.4. The predicted molar refractivity (Wildman–Crippen MR) is 147 cm³/mol. The van der Waals surface area contributed by atoms with Gasteiger partial charge in [0.1, 0.15) is 12.4 Å². The Morgan fingerprint density at radius 3 is 2.44 bits per heavy atom. The molecule has 0 aliphatic rings. The Bertz CT molecular complexity index is 1770. The molecule has 5 aromatic rings. The maximum atomic E-state index is 13.4. The van der Waals surface area contributed by atoms with E-state index in [2.05, 4.69) is 10.1 Å². The van der Waals surface area contributed by atoms with E-state index < -0.39 is 17.3 Å². The van der Waals surface area contributed by atoms with Gasteiger partial charge in [0.25, 0.3) is 5.56 Å². The number of fused-ring (bicyclic) bond motifs is 1. The van der Waals surface area contributed by atoms with E-state index in [4.69, 9.17) is 27.9 Å². The van der Waals surface area contributed by atoms with E-state index in [9.17, 15) is 18.0 Å². The Kier molecular flexibility index (Phi) is 7.41. The van der Waals surface area contributed by atoms with E-state index in [0.717, 1.165) is 22.4 Å². The lowest BCUT2D eigenvalue weighted by atomic mass is 10.1. The van der Waals surface area contributed by atoms with Gasteiger partial charge in [0.15, 0.2) is 5.82 Å². The van der Waals surface area contributed by atoms with Gasteiger partial charge in [0.2, 0.25) is 0 Å². The predicted octanol–water partition coefficient (Wildman–Crippen LogP) is 7.85. The number of hydrogen-bond donors (Lipinski definition) is 0. The van der Waals surface area contributed by atoms with Gasteiger partial charge in [-0.05, 0) is 54.1 Å². The monoisotopic (exact) mass is 567 g/mol. The van der Waals surface area contributed by atoms with Crippen molar-refractivity contribution in [1.29, 1.82) is 0 Å². The fourth-order valence-corrected chi connectivity index (χ4v) is 4.30. The third-order valence-corrected chi connectivity index (χ3v) is 6.49. The first kappa shape index (κ1) is 26.5. The molecule has 5 nitrogen and oxygen atoms in total. The maximum absolute atomic E-state index is 13.4. The molecule has 0 fully saturated rings. The van der Waals surface area contributed by atoms with Crippen LogP contribution in [0.1, 0.15) is 16.7 Å². The molecule has 0 unspecified atom stereocenters. The Morgan fingerprint density at radius 1 is 0.897 bits per heavy atom. The van der Waals surface area contributed by atoms with Gasteiger partial charge in [-0.15, -0.1) is 0 Å². The molecular weight excluding hydrogens is 550 g/mol. The summed E-state index contributed by atoms with van der Waals surface area (Å²) in [5.74, 6) is 0.384. The zero-order chi connectivity index (χ0) is 27.6. The Balaban J connectivity index is 1.50. The SMILES string of the molecule is O=c1c2ccccc2nc(-c2cccc(C(F)(F)F)c2)n1N=Cc1ccc(OCc2ccccc2Cl)c(Cl)c1. The van der Waals surface area contributed by atoms with Gasteiger partial charge in [-0.2, -0.15) is 22.9 Å². The first-order valence-electron chi connectivity index (χ1n) is 11.6. The van der Waals surface area contributed by atoms with Gasteiger partial charge in [-0.3, -0.25) is 4.79 Å². The lowest BCUT2D eigenvalue weighted by molar-refractivity contribution is -0.137. The van der Waals surface area contributed by atoms with E-state index in [1.54, 1.807) is 48.5 Å².